The zero-order chi connectivity index (χ0) is 13.8. The number of rotatable bonds is 6. The summed E-state index contributed by atoms with van der Waals surface area (Å²) in [6, 6.07) is 0. The van der Waals surface area contributed by atoms with Crippen molar-refractivity contribution in [1.29, 1.82) is 0 Å². The lowest BCUT2D eigenvalue weighted by molar-refractivity contribution is -0.144. The molecule has 0 aromatic carbocycles. The lowest BCUT2D eigenvalue weighted by Gasteiger charge is -2.34. The van der Waals surface area contributed by atoms with Crippen LogP contribution in [0, 0.1) is 5.92 Å². The van der Waals surface area contributed by atoms with Crippen molar-refractivity contribution in [1.82, 2.24) is 10.2 Å². The SMILES string of the molecule is CCN(CC(C)C(=O)O)C(=O)C1(CC)CCCN1. The van der Waals surface area contributed by atoms with Crippen molar-refractivity contribution in [2.45, 2.75) is 45.6 Å². The highest BCUT2D eigenvalue weighted by Gasteiger charge is 2.41. The molecule has 1 rings (SSSR count). The standard InChI is InChI=1S/C13H24N2O3/c1-4-13(7-6-8-14-13)12(18)15(5-2)9-10(3)11(16)17/h10,14H,4-9H2,1-3H3,(H,16,17). The maximum atomic E-state index is 12.6. The first-order chi connectivity index (χ1) is 8.46. The molecular weight excluding hydrogens is 232 g/mol. The average molecular weight is 256 g/mol. The Bertz CT molecular complexity index is 311. The van der Waals surface area contributed by atoms with Crippen molar-refractivity contribution in [2.24, 2.45) is 5.92 Å². The fourth-order valence-corrected chi connectivity index (χ4v) is 2.51. The number of carbonyl (C=O) groups is 2. The van der Waals surface area contributed by atoms with Crippen molar-refractivity contribution in [3.05, 3.63) is 0 Å². The molecule has 0 aliphatic carbocycles. The predicted molar refractivity (Wildman–Crippen MR) is 69.3 cm³/mol. The van der Waals surface area contributed by atoms with Gasteiger partial charge in [-0.3, -0.25) is 9.59 Å². The van der Waals surface area contributed by atoms with Crippen LogP contribution in [0.25, 0.3) is 0 Å². The van der Waals surface area contributed by atoms with Gasteiger partial charge in [-0.1, -0.05) is 13.8 Å². The molecule has 0 bridgehead atoms. The first-order valence-electron chi connectivity index (χ1n) is 6.74. The third kappa shape index (κ3) is 3.02. The van der Waals surface area contributed by atoms with E-state index in [4.69, 9.17) is 5.11 Å². The first kappa shape index (κ1) is 15.0. The Balaban J connectivity index is 2.75. The Morgan fingerprint density at radius 2 is 2.11 bits per heavy atom. The minimum atomic E-state index is -0.855. The lowest BCUT2D eigenvalue weighted by Crippen LogP contribution is -2.55. The van der Waals surface area contributed by atoms with Crippen LogP contribution in [0.1, 0.15) is 40.0 Å². The zero-order valence-electron chi connectivity index (χ0n) is 11.5. The van der Waals surface area contributed by atoms with E-state index in [-0.39, 0.29) is 12.5 Å². The summed E-state index contributed by atoms with van der Waals surface area (Å²) in [5.41, 5.74) is -0.464. The number of aliphatic carboxylic acids is 1. The second-order valence-electron chi connectivity index (χ2n) is 5.05. The Kier molecular flexibility index (Phi) is 5.14. The van der Waals surface area contributed by atoms with E-state index in [1.54, 1.807) is 11.8 Å². The van der Waals surface area contributed by atoms with Crippen LogP contribution in [0.5, 0.6) is 0 Å². The number of nitrogens with one attached hydrogen (secondary N) is 1. The van der Waals surface area contributed by atoms with Crippen LogP contribution in [0.15, 0.2) is 0 Å². The zero-order valence-corrected chi connectivity index (χ0v) is 11.5. The topological polar surface area (TPSA) is 69.6 Å². The molecule has 2 unspecified atom stereocenters. The van der Waals surface area contributed by atoms with E-state index >= 15 is 0 Å². The van der Waals surface area contributed by atoms with Gasteiger partial charge in [0.15, 0.2) is 0 Å². The van der Waals surface area contributed by atoms with E-state index in [0.717, 1.165) is 25.8 Å². The van der Waals surface area contributed by atoms with Gasteiger partial charge < -0.3 is 15.3 Å². The lowest BCUT2D eigenvalue weighted by atomic mass is 9.92. The third-order valence-corrected chi connectivity index (χ3v) is 3.84. The number of carboxylic acid groups (broad SMARTS) is 1. The van der Waals surface area contributed by atoms with E-state index < -0.39 is 17.4 Å². The minimum Gasteiger partial charge on any atom is -0.481 e. The number of carbonyl (C=O) groups excluding carboxylic acids is 1. The third-order valence-electron chi connectivity index (χ3n) is 3.84. The van der Waals surface area contributed by atoms with Crippen molar-refractivity contribution < 1.29 is 14.7 Å². The van der Waals surface area contributed by atoms with Gasteiger partial charge >= 0.3 is 5.97 Å². The summed E-state index contributed by atoms with van der Waals surface area (Å²) >= 11 is 0. The summed E-state index contributed by atoms with van der Waals surface area (Å²) in [5, 5.41) is 12.2. The molecular formula is C13H24N2O3. The van der Waals surface area contributed by atoms with Crippen LogP contribution in [-0.4, -0.2) is 47.1 Å². The minimum absolute atomic E-state index is 0.0538. The van der Waals surface area contributed by atoms with Gasteiger partial charge in [-0.05, 0) is 32.7 Å². The highest BCUT2D eigenvalue weighted by Crippen LogP contribution is 2.25. The van der Waals surface area contributed by atoms with Gasteiger partial charge in [-0.25, -0.2) is 0 Å². The smallest absolute Gasteiger partial charge is 0.308 e. The summed E-state index contributed by atoms with van der Waals surface area (Å²) in [7, 11) is 0. The van der Waals surface area contributed by atoms with E-state index in [9.17, 15) is 9.59 Å². The van der Waals surface area contributed by atoms with E-state index in [1.807, 2.05) is 13.8 Å². The van der Waals surface area contributed by atoms with Gasteiger partial charge in [0, 0.05) is 13.1 Å². The Morgan fingerprint density at radius 3 is 2.50 bits per heavy atom. The van der Waals surface area contributed by atoms with E-state index in [1.165, 1.54) is 0 Å². The van der Waals surface area contributed by atoms with Gasteiger partial charge in [-0.15, -0.1) is 0 Å². The van der Waals surface area contributed by atoms with Crippen LogP contribution in [0.4, 0.5) is 0 Å². The largest absolute Gasteiger partial charge is 0.481 e. The van der Waals surface area contributed by atoms with Crippen LogP contribution in [0.2, 0.25) is 0 Å². The second-order valence-corrected chi connectivity index (χ2v) is 5.05. The molecule has 5 heteroatoms. The fourth-order valence-electron chi connectivity index (χ4n) is 2.51. The predicted octanol–water partition coefficient (Wildman–Crippen LogP) is 1.09. The van der Waals surface area contributed by atoms with Gasteiger partial charge in [0.25, 0.3) is 0 Å². The second kappa shape index (κ2) is 6.18. The monoisotopic (exact) mass is 256 g/mol. The fraction of sp³-hybridized carbons (Fsp3) is 0.846. The number of amides is 1. The highest BCUT2D eigenvalue weighted by molar-refractivity contribution is 5.87. The van der Waals surface area contributed by atoms with Crippen molar-refractivity contribution in [3.63, 3.8) is 0 Å². The van der Waals surface area contributed by atoms with E-state index in [0.29, 0.717) is 6.54 Å². The van der Waals surface area contributed by atoms with Gasteiger partial charge in [-0.2, -0.15) is 0 Å². The molecule has 0 aromatic rings. The van der Waals surface area contributed by atoms with Gasteiger partial charge in [0.1, 0.15) is 0 Å². The molecule has 5 nitrogen and oxygen atoms in total. The molecule has 0 radical (unpaired) electrons. The number of hydrogen-bond acceptors (Lipinski definition) is 3. The molecule has 1 heterocycles. The number of likely N-dealkylation sites (N-methyl/N-ethyl adjacent to an activating group) is 1. The number of nitrogens with zero attached hydrogens (tertiary/aromatic N) is 1. The van der Waals surface area contributed by atoms with Gasteiger partial charge in [0.05, 0.1) is 11.5 Å². The number of carboxylic acids is 1. The number of hydrogen-bond donors (Lipinski definition) is 2. The molecule has 0 spiro atoms. The average Bonchev–Trinajstić information content (AvgIpc) is 2.84. The summed E-state index contributed by atoms with van der Waals surface area (Å²) in [6.07, 6.45) is 2.61. The molecule has 1 aliphatic heterocycles. The van der Waals surface area contributed by atoms with E-state index in [2.05, 4.69) is 5.32 Å². The molecule has 1 fully saturated rings. The van der Waals surface area contributed by atoms with Crippen LogP contribution in [0.3, 0.4) is 0 Å². The first-order valence-corrected chi connectivity index (χ1v) is 6.74. The molecule has 1 saturated heterocycles. The molecule has 1 aliphatic rings. The molecule has 2 atom stereocenters. The van der Waals surface area contributed by atoms with Crippen molar-refractivity contribution in [2.75, 3.05) is 19.6 Å². The van der Waals surface area contributed by atoms with Crippen LogP contribution >= 0.6 is 0 Å². The van der Waals surface area contributed by atoms with Crippen LogP contribution in [-0.2, 0) is 9.59 Å². The van der Waals surface area contributed by atoms with Crippen LogP contribution < -0.4 is 5.32 Å². The Hall–Kier alpha value is -1.10. The van der Waals surface area contributed by atoms with Crippen molar-refractivity contribution in [3.8, 4) is 0 Å². The summed E-state index contributed by atoms with van der Waals surface area (Å²) in [6.45, 7) is 7.24. The highest BCUT2D eigenvalue weighted by atomic mass is 16.4. The summed E-state index contributed by atoms with van der Waals surface area (Å²) in [4.78, 5) is 25.1. The maximum Gasteiger partial charge on any atom is 0.308 e. The maximum absolute atomic E-state index is 12.6. The Morgan fingerprint density at radius 1 is 1.44 bits per heavy atom. The molecule has 18 heavy (non-hydrogen) atoms. The molecule has 2 N–H and O–H groups in total. The quantitative estimate of drug-likeness (QED) is 0.746. The molecule has 1 amide bonds. The normalized spacial score (nSPS) is 24.8. The molecule has 104 valence electrons. The summed E-state index contributed by atoms with van der Waals surface area (Å²) < 4.78 is 0. The van der Waals surface area contributed by atoms with Crippen molar-refractivity contribution >= 4 is 11.9 Å². The molecule has 0 saturated carbocycles. The molecule has 0 aromatic heterocycles. The summed E-state index contributed by atoms with van der Waals surface area (Å²) in [5.74, 6) is -1.33. The van der Waals surface area contributed by atoms with Gasteiger partial charge in [0.2, 0.25) is 5.91 Å². The Labute approximate surface area is 109 Å².